The van der Waals surface area contributed by atoms with Crippen LogP contribution in [0.4, 0.5) is 0 Å². The molecule has 0 saturated carbocycles. The van der Waals surface area contributed by atoms with Gasteiger partial charge in [-0.05, 0) is 42.6 Å². The number of amides is 1. The molecule has 3 aromatic rings. The van der Waals surface area contributed by atoms with E-state index in [1.165, 1.54) is 22.2 Å². The van der Waals surface area contributed by atoms with Crippen LogP contribution < -0.4 is 11.1 Å². The van der Waals surface area contributed by atoms with E-state index in [1.807, 2.05) is 30.3 Å². The molecule has 1 heterocycles. The zero-order valence-corrected chi connectivity index (χ0v) is 14.8. The van der Waals surface area contributed by atoms with Gasteiger partial charge in [-0.2, -0.15) is 0 Å². The summed E-state index contributed by atoms with van der Waals surface area (Å²) in [6.45, 7) is 3.75. The Balaban J connectivity index is 1.51. The van der Waals surface area contributed by atoms with E-state index >= 15 is 0 Å². The Morgan fingerprint density at radius 2 is 1.73 bits per heavy atom. The summed E-state index contributed by atoms with van der Waals surface area (Å²) in [5.41, 5.74) is 10.7. The smallest absolute Gasteiger partial charge is 0.285 e. The number of benzene rings is 2. The number of carbonyl (C=O) groups excluding carboxylic acids is 2. The number of rotatable bonds is 8. The summed E-state index contributed by atoms with van der Waals surface area (Å²) >= 11 is 0. The van der Waals surface area contributed by atoms with E-state index in [9.17, 15) is 9.59 Å². The molecule has 5 heteroatoms. The zero-order valence-electron chi connectivity index (χ0n) is 14.8. The summed E-state index contributed by atoms with van der Waals surface area (Å²) in [5.74, 6) is -1.45. The molecule has 0 bridgehead atoms. The highest BCUT2D eigenvalue weighted by molar-refractivity contribution is 6.36. The molecule has 3 rings (SSSR count). The third-order valence-electron chi connectivity index (χ3n) is 4.57. The van der Waals surface area contributed by atoms with Crippen LogP contribution in [-0.4, -0.2) is 23.2 Å². The number of aryl methyl sites for hydroxylation is 1. The molecule has 0 aliphatic rings. The van der Waals surface area contributed by atoms with Crippen molar-refractivity contribution in [3.05, 3.63) is 70.9 Å². The molecule has 5 nitrogen and oxygen atoms in total. The first-order valence-electron chi connectivity index (χ1n) is 8.72. The van der Waals surface area contributed by atoms with Gasteiger partial charge in [0.15, 0.2) is 0 Å². The number of hydrogen-bond acceptors (Lipinski definition) is 3. The van der Waals surface area contributed by atoms with Crippen molar-refractivity contribution >= 4 is 22.6 Å². The number of primary amides is 1. The van der Waals surface area contributed by atoms with Crippen molar-refractivity contribution < 1.29 is 9.59 Å². The molecule has 0 radical (unpaired) electrons. The summed E-state index contributed by atoms with van der Waals surface area (Å²) in [6.07, 6.45) is 1.02. The van der Waals surface area contributed by atoms with Crippen LogP contribution in [0.1, 0.15) is 22.4 Å². The number of hydrogen-bond donors (Lipinski definition) is 3. The largest absolute Gasteiger partial charge is 0.363 e. The van der Waals surface area contributed by atoms with Crippen LogP contribution in [0.2, 0.25) is 0 Å². The van der Waals surface area contributed by atoms with Crippen LogP contribution in [0.15, 0.2) is 48.5 Å². The predicted molar refractivity (Wildman–Crippen MR) is 103 cm³/mol. The van der Waals surface area contributed by atoms with Gasteiger partial charge in [-0.15, -0.1) is 0 Å². The summed E-state index contributed by atoms with van der Waals surface area (Å²) in [5, 5.41) is 4.74. The number of H-pyrrole nitrogens is 1. The van der Waals surface area contributed by atoms with E-state index in [4.69, 9.17) is 5.73 Å². The van der Waals surface area contributed by atoms with Gasteiger partial charge in [0, 0.05) is 29.6 Å². The summed E-state index contributed by atoms with van der Waals surface area (Å²) in [7, 11) is 0. The van der Waals surface area contributed by atoms with Crippen molar-refractivity contribution in [2.24, 2.45) is 5.73 Å². The maximum absolute atomic E-state index is 11.4. The van der Waals surface area contributed by atoms with Crippen molar-refractivity contribution in [2.45, 2.75) is 26.3 Å². The minimum Gasteiger partial charge on any atom is -0.363 e. The number of ketones is 1. The monoisotopic (exact) mass is 349 g/mol. The van der Waals surface area contributed by atoms with E-state index in [-0.39, 0.29) is 6.42 Å². The van der Waals surface area contributed by atoms with Crippen molar-refractivity contribution in [1.29, 1.82) is 0 Å². The molecule has 4 N–H and O–H groups in total. The SMILES string of the molecule is Cc1[nH]c2ccccc2c1CCNCc1ccc(CC(=O)C(N)=O)cc1. The second-order valence-electron chi connectivity index (χ2n) is 6.48. The number of carbonyl (C=O) groups is 2. The number of para-hydroxylation sites is 1. The lowest BCUT2D eigenvalue weighted by molar-refractivity contribution is -0.135. The quantitative estimate of drug-likeness (QED) is 0.431. The molecule has 0 spiro atoms. The summed E-state index contributed by atoms with van der Waals surface area (Å²) < 4.78 is 0. The molecule has 0 atom stereocenters. The Hall–Kier alpha value is -2.92. The van der Waals surface area contributed by atoms with Crippen LogP contribution in [0.5, 0.6) is 0 Å². The van der Waals surface area contributed by atoms with E-state index in [1.54, 1.807) is 0 Å². The Kier molecular flexibility index (Phi) is 5.49. The summed E-state index contributed by atoms with van der Waals surface area (Å²) in [6, 6.07) is 16.0. The molecule has 0 fully saturated rings. The van der Waals surface area contributed by atoms with Crippen molar-refractivity contribution in [2.75, 3.05) is 6.54 Å². The lowest BCUT2D eigenvalue weighted by Gasteiger charge is -2.07. The number of nitrogens with one attached hydrogen (secondary N) is 2. The fourth-order valence-corrected chi connectivity index (χ4v) is 3.15. The average Bonchev–Trinajstić information content (AvgIpc) is 2.95. The number of Topliss-reactive ketones (excluding diaryl/α,β-unsaturated/α-hetero) is 1. The van der Waals surface area contributed by atoms with E-state index in [0.717, 1.165) is 30.6 Å². The minimum absolute atomic E-state index is 0.0584. The molecule has 0 aliphatic carbocycles. The van der Waals surface area contributed by atoms with Crippen molar-refractivity contribution in [1.82, 2.24) is 10.3 Å². The number of aromatic amines is 1. The topological polar surface area (TPSA) is 88.0 Å². The molecular weight excluding hydrogens is 326 g/mol. The molecule has 0 unspecified atom stereocenters. The first kappa shape index (κ1) is 17.9. The first-order chi connectivity index (χ1) is 12.5. The van der Waals surface area contributed by atoms with Crippen LogP contribution in [0.25, 0.3) is 10.9 Å². The van der Waals surface area contributed by atoms with Gasteiger partial charge < -0.3 is 16.0 Å². The second kappa shape index (κ2) is 7.97. The summed E-state index contributed by atoms with van der Waals surface area (Å²) in [4.78, 5) is 25.6. The Bertz CT molecular complexity index is 926. The molecule has 0 saturated heterocycles. The fraction of sp³-hybridized carbons (Fsp3) is 0.238. The normalized spacial score (nSPS) is 11.0. The standard InChI is InChI=1S/C21H23N3O2/c1-14-17(18-4-2-3-5-19(18)24-14)10-11-23-13-16-8-6-15(7-9-16)12-20(25)21(22)26/h2-9,23-24H,10-13H2,1H3,(H2,22,26). The van der Waals surface area contributed by atoms with Crippen LogP contribution in [0.3, 0.4) is 0 Å². The first-order valence-corrected chi connectivity index (χ1v) is 8.72. The molecule has 26 heavy (non-hydrogen) atoms. The Morgan fingerprint density at radius 3 is 2.46 bits per heavy atom. The van der Waals surface area contributed by atoms with E-state index in [0.29, 0.717) is 0 Å². The number of fused-ring (bicyclic) bond motifs is 1. The lowest BCUT2D eigenvalue weighted by Crippen LogP contribution is -2.24. The minimum atomic E-state index is -0.886. The molecule has 134 valence electrons. The lowest BCUT2D eigenvalue weighted by atomic mass is 10.1. The van der Waals surface area contributed by atoms with Crippen molar-refractivity contribution in [3.63, 3.8) is 0 Å². The highest BCUT2D eigenvalue weighted by Crippen LogP contribution is 2.21. The maximum atomic E-state index is 11.4. The van der Waals surface area contributed by atoms with Crippen molar-refractivity contribution in [3.8, 4) is 0 Å². The van der Waals surface area contributed by atoms with E-state index < -0.39 is 11.7 Å². The Labute approximate surface area is 152 Å². The van der Waals surface area contributed by atoms with Gasteiger partial charge >= 0.3 is 0 Å². The Morgan fingerprint density at radius 1 is 1.04 bits per heavy atom. The van der Waals surface area contributed by atoms with E-state index in [2.05, 4.69) is 35.4 Å². The number of aromatic nitrogens is 1. The third-order valence-corrected chi connectivity index (χ3v) is 4.57. The van der Waals surface area contributed by atoms with Gasteiger partial charge in [0.1, 0.15) is 0 Å². The molecule has 1 aromatic heterocycles. The third kappa shape index (κ3) is 4.18. The fourth-order valence-electron chi connectivity index (χ4n) is 3.15. The molecule has 2 aromatic carbocycles. The van der Waals surface area contributed by atoms with Crippen LogP contribution in [-0.2, 0) is 29.0 Å². The number of nitrogens with two attached hydrogens (primary N) is 1. The van der Waals surface area contributed by atoms with Gasteiger partial charge in [-0.3, -0.25) is 9.59 Å². The van der Waals surface area contributed by atoms with Gasteiger partial charge in [-0.25, -0.2) is 0 Å². The highest BCUT2D eigenvalue weighted by atomic mass is 16.2. The van der Waals surface area contributed by atoms with Crippen LogP contribution in [0, 0.1) is 6.92 Å². The van der Waals surface area contributed by atoms with Gasteiger partial charge in [0.05, 0.1) is 0 Å². The molecule has 0 aliphatic heterocycles. The maximum Gasteiger partial charge on any atom is 0.285 e. The van der Waals surface area contributed by atoms with Gasteiger partial charge in [0.25, 0.3) is 5.91 Å². The van der Waals surface area contributed by atoms with Gasteiger partial charge in [0.2, 0.25) is 5.78 Å². The predicted octanol–water partition coefficient (Wildman–Crippen LogP) is 2.41. The highest BCUT2D eigenvalue weighted by Gasteiger charge is 2.10. The molecular formula is C21H23N3O2. The second-order valence-corrected chi connectivity index (χ2v) is 6.48. The average molecular weight is 349 g/mol. The van der Waals surface area contributed by atoms with Gasteiger partial charge in [-0.1, -0.05) is 42.5 Å². The van der Waals surface area contributed by atoms with Crippen LogP contribution >= 0.6 is 0 Å². The molecule has 1 amide bonds. The zero-order chi connectivity index (χ0) is 18.5.